The van der Waals surface area contributed by atoms with Gasteiger partial charge in [0.15, 0.2) is 0 Å². The van der Waals surface area contributed by atoms with Gasteiger partial charge in [0.25, 0.3) is 0 Å². The van der Waals surface area contributed by atoms with Gasteiger partial charge in [0.1, 0.15) is 0 Å². The number of rotatable bonds is 5. The van der Waals surface area contributed by atoms with Crippen LogP contribution >= 0.6 is 11.8 Å². The molecule has 1 aromatic heterocycles. The van der Waals surface area contributed by atoms with Crippen LogP contribution in [0.4, 0.5) is 0 Å². The second-order valence-corrected chi connectivity index (χ2v) is 5.43. The standard InChI is InChI=1S/C9H14N4O2S/c1-9(2,6-3-4-6)13-8(10-11-12-13)16-5-7(14)15/h6H,3-5H2,1-2H3,(H,14,15). The molecule has 0 aromatic carbocycles. The lowest BCUT2D eigenvalue weighted by molar-refractivity contribution is -0.133. The van der Waals surface area contributed by atoms with Gasteiger partial charge in [0.2, 0.25) is 5.16 Å². The molecule has 1 heterocycles. The Kier molecular flexibility index (Phi) is 2.88. The van der Waals surface area contributed by atoms with E-state index in [1.807, 2.05) is 0 Å². The van der Waals surface area contributed by atoms with E-state index in [0.29, 0.717) is 11.1 Å². The molecule has 0 bridgehead atoms. The van der Waals surface area contributed by atoms with Gasteiger partial charge >= 0.3 is 5.97 Å². The molecule has 1 N–H and O–H groups in total. The summed E-state index contributed by atoms with van der Waals surface area (Å²) in [7, 11) is 0. The fourth-order valence-corrected chi connectivity index (χ4v) is 2.46. The molecular weight excluding hydrogens is 228 g/mol. The third kappa shape index (κ3) is 2.18. The number of carbonyl (C=O) groups is 1. The average molecular weight is 242 g/mol. The van der Waals surface area contributed by atoms with Crippen molar-refractivity contribution in [3.8, 4) is 0 Å². The van der Waals surface area contributed by atoms with Crippen molar-refractivity contribution in [1.82, 2.24) is 20.2 Å². The Bertz CT molecular complexity index is 400. The summed E-state index contributed by atoms with van der Waals surface area (Å²) in [6.07, 6.45) is 2.38. The molecule has 0 saturated heterocycles. The fourth-order valence-electron chi connectivity index (χ4n) is 1.72. The largest absolute Gasteiger partial charge is 0.481 e. The van der Waals surface area contributed by atoms with Gasteiger partial charge in [-0.15, -0.1) is 5.10 Å². The first-order valence-corrected chi connectivity index (χ1v) is 6.14. The summed E-state index contributed by atoms with van der Waals surface area (Å²) in [6, 6.07) is 0. The van der Waals surface area contributed by atoms with Crippen LogP contribution in [0.3, 0.4) is 0 Å². The van der Waals surface area contributed by atoms with E-state index in [-0.39, 0.29) is 11.3 Å². The molecule has 0 unspecified atom stereocenters. The van der Waals surface area contributed by atoms with Crippen molar-refractivity contribution in [2.24, 2.45) is 5.92 Å². The van der Waals surface area contributed by atoms with Gasteiger partial charge in [-0.3, -0.25) is 4.79 Å². The number of hydrogen-bond donors (Lipinski definition) is 1. The Morgan fingerprint density at radius 1 is 1.62 bits per heavy atom. The minimum Gasteiger partial charge on any atom is -0.481 e. The Hall–Kier alpha value is -1.11. The van der Waals surface area contributed by atoms with Crippen LogP contribution < -0.4 is 0 Å². The SMILES string of the molecule is CC(C)(C1CC1)n1nnnc1SCC(=O)O. The highest BCUT2D eigenvalue weighted by atomic mass is 32.2. The molecule has 0 spiro atoms. The van der Waals surface area contributed by atoms with Gasteiger partial charge < -0.3 is 5.11 Å². The summed E-state index contributed by atoms with van der Waals surface area (Å²) in [6.45, 7) is 4.18. The van der Waals surface area contributed by atoms with E-state index in [1.165, 1.54) is 12.8 Å². The number of carboxylic acids is 1. The van der Waals surface area contributed by atoms with Crippen molar-refractivity contribution < 1.29 is 9.90 Å². The maximum atomic E-state index is 10.5. The fraction of sp³-hybridized carbons (Fsp3) is 0.778. The first-order valence-electron chi connectivity index (χ1n) is 5.15. The van der Waals surface area contributed by atoms with E-state index in [1.54, 1.807) is 4.68 Å². The quantitative estimate of drug-likeness (QED) is 0.776. The van der Waals surface area contributed by atoms with E-state index < -0.39 is 5.97 Å². The molecule has 1 fully saturated rings. The van der Waals surface area contributed by atoms with Crippen molar-refractivity contribution >= 4 is 17.7 Å². The van der Waals surface area contributed by atoms with Crippen LogP contribution in [0.15, 0.2) is 5.16 Å². The van der Waals surface area contributed by atoms with E-state index in [2.05, 4.69) is 29.4 Å². The average Bonchev–Trinajstić information content (AvgIpc) is 2.95. The van der Waals surface area contributed by atoms with E-state index in [0.717, 1.165) is 11.8 Å². The molecule has 88 valence electrons. The van der Waals surface area contributed by atoms with Crippen molar-refractivity contribution in [1.29, 1.82) is 0 Å². The zero-order chi connectivity index (χ0) is 11.8. The smallest absolute Gasteiger partial charge is 0.313 e. The molecule has 1 aromatic rings. The normalized spacial score (nSPS) is 16.4. The second-order valence-electron chi connectivity index (χ2n) is 4.48. The Balaban J connectivity index is 2.14. The predicted molar refractivity (Wildman–Crippen MR) is 58.2 cm³/mol. The zero-order valence-corrected chi connectivity index (χ0v) is 10.1. The lowest BCUT2D eigenvalue weighted by atomic mass is 9.99. The molecule has 0 atom stereocenters. The Morgan fingerprint density at radius 2 is 2.31 bits per heavy atom. The molecule has 1 aliphatic carbocycles. The van der Waals surface area contributed by atoms with E-state index >= 15 is 0 Å². The van der Waals surface area contributed by atoms with Crippen molar-refractivity contribution in [3.63, 3.8) is 0 Å². The number of carboxylic acid groups (broad SMARTS) is 1. The maximum absolute atomic E-state index is 10.5. The van der Waals surface area contributed by atoms with Crippen LogP contribution in [0.2, 0.25) is 0 Å². The first-order chi connectivity index (χ1) is 7.51. The highest BCUT2D eigenvalue weighted by Gasteiger charge is 2.41. The van der Waals surface area contributed by atoms with Crippen LogP contribution in [0.5, 0.6) is 0 Å². The molecule has 0 aliphatic heterocycles. The lowest BCUT2D eigenvalue weighted by Crippen LogP contribution is -2.30. The molecule has 7 heteroatoms. The molecule has 2 rings (SSSR count). The molecule has 6 nitrogen and oxygen atoms in total. The van der Waals surface area contributed by atoms with Crippen molar-refractivity contribution in [2.45, 2.75) is 37.4 Å². The number of aliphatic carboxylic acids is 1. The van der Waals surface area contributed by atoms with E-state index in [9.17, 15) is 4.79 Å². The zero-order valence-electron chi connectivity index (χ0n) is 9.25. The third-order valence-electron chi connectivity index (χ3n) is 2.89. The van der Waals surface area contributed by atoms with Crippen molar-refractivity contribution in [3.05, 3.63) is 0 Å². The predicted octanol–water partition coefficient (Wildman–Crippen LogP) is 0.995. The molecule has 1 saturated carbocycles. The highest BCUT2D eigenvalue weighted by Crippen LogP contribution is 2.44. The monoisotopic (exact) mass is 242 g/mol. The maximum Gasteiger partial charge on any atom is 0.313 e. The molecule has 1 aliphatic rings. The molecule has 0 radical (unpaired) electrons. The summed E-state index contributed by atoms with van der Waals surface area (Å²) >= 11 is 1.16. The number of thioether (sulfide) groups is 1. The topological polar surface area (TPSA) is 80.9 Å². The highest BCUT2D eigenvalue weighted by molar-refractivity contribution is 7.99. The lowest BCUT2D eigenvalue weighted by Gasteiger charge is -2.24. The summed E-state index contributed by atoms with van der Waals surface area (Å²) in [4.78, 5) is 10.5. The summed E-state index contributed by atoms with van der Waals surface area (Å²) in [5.41, 5.74) is -0.121. The van der Waals surface area contributed by atoms with Gasteiger partial charge in [-0.2, -0.15) is 0 Å². The minimum atomic E-state index is -0.858. The molecular formula is C9H14N4O2S. The van der Waals surface area contributed by atoms with Gasteiger partial charge in [0.05, 0.1) is 11.3 Å². The minimum absolute atomic E-state index is 0.0128. The van der Waals surface area contributed by atoms with E-state index in [4.69, 9.17) is 5.11 Å². The van der Waals surface area contributed by atoms with Gasteiger partial charge in [0, 0.05) is 0 Å². The van der Waals surface area contributed by atoms with Gasteiger partial charge in [-0.05, 0) is 43.0 Å². The second kappa shape index (κ2) is 4.04. The molecule has 0 amide bonds. The number of aromatic nitrogens is 4. The van der Waals surface area contributed by atoms with Crippen molar-refractivity contribution in [2.75, 3.05) is 5.75 Å². The first kappa shape index (κ1) is 11.4. The summed E-state index contributed by atoms with van der Waals surface area (Å²) in [5, 5.41) is 20.7. The Morgan fingerprint density at radius 3 is 2.88 bits per heavy atom. The summed E-state index contributed by atoms with van der Waals surface area (Å²) < 4.78 is 1.75. The van der Waals surface area contributed by atoms with Crippen LogP contribution in [0, 0.1) is 5.92 Å². The Labute approximate surface area is 97.4 Å². The number of hydrogen-bond acceptors (Lipinski definition) is 5. The van der Waals surface area contributed by atoms with Crippen LogP contribution in [0.25, 0.3) is 0 Å². The van der Waals surface area contributed by atoms with Crippen LogP contribution in [0.1, 0.15) is 26.7 Å². The number of nitrogens with zero attached hydrogens (tertiary/aromatic N) is 4. The number of tetrazole rings is 1. The van der Waals surface area contributed by atoms with Crippen LogP contribution in [-0.2, 0) is 10.3 Å². The van der Waals surface area contributed by atoms with Gasteiger partial charge in [-0.1, -0.05) is 11.8 Å². The van der Waals surface area contributed by atoms with Crippen LogP contribution in [-0.4, -0.2) is 37.0 Å². The summed E-state index contributed by atoms with van der Waals surface area (Å²) in [5.74, 6) is -0.273. The third-order valence-corrected chi connectivity index (χ3v) is 3.79. The van der Waals surface area contributed by atoms with Gasteiger partial charge in [-0.25, -0.2) is 4.68 Å². The molecule has 16 heavy (non-hydrogen) atoms.